The average molecular weight is 354 g/mol. The van der Waals surface area contributed by atoms with Gasteiger partial charge in [0.1, 0.15) is 17.2 Å². The fourth-order valence-electron chi connectivity index (χ4n) is 2.04. The molecule has 2 heterocycles. The second kappa shape index (κ2) is 6.08. The lowest BCUT2D eigenvalue weighted by molar-refractivity contribution is -0.134. The molecule has 3 aromatic rings. The summed E-state index contributed by atoms with van der Waals surface area (Å²) in [5.41, 5.74) is 1.85. The molecule has 2 aromatic heterocycles. The summed E-state index contributed by atoms with van der Waals surface area (Å²) in [6, 6.07) is 7.36. The van der Waals surface area contributed by atoms with Crippen molar-refractivity contribution < 1.29 is 9.90 Å². The minimum Gasteiger partial charge on any atom is -0.480 e. The number of hydrogen-bond donors (Lipinski definition) is 2. The highest BCUT2D eigenvalue weighted by atomic mass is 35.5. The Morgan fingerprint density at radius 1 is 1.23 bits per heavy atom. The van der Waals surface area contributed by atoms with Crippen LogP contribution in [-0.4, -0.2) is 27.6 Å². The van der Waals surface area contributed by atoms with E-state index in [1.807, 2.05) is 17.5 Å². The minimum atomic E-state index is -0.980. The summed E-state index contributed by atoms with van der Waals surface area (Å²) in [4.78, 5) is 19.8. The molecule has 0 atom stereocenters. The number of carbonyl (C=O) groups is 1. The van der Waals surface area contributed by atoms with Crippen LogP contribution in [0.15, 0.2) is 29.6 Å². The number of fused-ring (bicyclic) bond motifs is 1. The molecule has 5 nitrogen and oxygen atoms in total. The molecule has 0 saturated heterocycles. The zero-order valence-electron chi connectivity index (χ0n) is 11.0. The number of halogens is 2. The number of benzene rings is 1. The third kappa shape index (κ3) is 2.99. The van der Waals surface area contributed by atoms with E-state index in [2.05, 4.69) is 15.3 Å². The SMILES string of the molecule is O=C(O)CNc1nc(Cl)nc2scc(-c3ccc(Cl)cc3)c12. The molecule has 0 saturated carbocycles. The first-order chi connectivity index (χ1) is 10.5. The van der Waals surface area contributed by atoms with E-state index in [4.69, 9.17) is 28.3 Å². The lowest BCUT2D eigenvalue weighted by Crippen LogP contribution is -2.13. The molecule has 2 N–H and O–H groups in total. The zero-order chi connectivity index (χ0) is 15.7. The van der Waals surface area contributed by atoms with Gasteiger partial charge in [0, 0.05) is 16.0 Å². The highest BCUT2D eigenvalue weighted by Crippen LogP contribution is 2.37. The molecule has 0 unspecified atom stereocenters. The van der Waals surface area contributed by atoms with Crippen LogP contribution >= 0.6 is 34.5 Å². The fraction of sp³-hybridized carbons (Fsp3) is 0.0714. The van der Waals surface area contributed by atoms with Crippen molar-refractivity contribution in [3.05, 3.63) is 40.0 Å². The first-order valence-corrected chi connectivity index (χ1v) is 7.84. The number of anilines is 1. The number of hydrogen-bond acceptors (Lipinski definition) is 5. The molecular weight excluding hydrogens is 345 g/mol. The summed E-state index contributed by atoms with van der Waals surface area (Å²) in [6.07, 6.45) is 0. The predicted octanol–water partition coefficient (Wildman–Crippen LogP) is 4.16. The van der Waals surface area contributed by atoms with Crippen LogP contribution in [0.25, 0.3) is 21.3 Å². The van der Waals surface area contributed by atoms with Gasteiger partial charge in [-0.25, -0.2) is 9.97 Å². The number of aliphatic carboxylic acids is 1. The topological polar surface area (TPSA) is 75.1 Å². The first-order valence-electron chi connectivity index (χ1n) is 6.21. The van der Waals surface area contributed by atoms with Gasteiger partial charge in [-0.3, -0.25) is 4.79 Å². The zero-order valence-corrected chi connectivity index (χ0v) is 13.3. The lowest BCUT2D eigenvalue weighted by atomic mass is 10.1. The van der Waals surface area contributed by atoms with Crippen LogP contribution in [0, 0.1) is 0 Å². The van der Waals surface area contributed by atoms with Crippen molar-refractivity contribution in [2.75, 3.05) is 11.9 Å². The summed E-state index contributed by atoms with van der Waals surface area (Å²) in [5.74, 6) is -0.574. The van der Waals surface area contributed by atoms with Crippen molar-refractivity contribution >= 4 is 56.5 Å². The van der Waals surface area contributed by atoms with E-state index >= 15 is 0 Å². The molecule has 22 heavy (non-hydrogen) atoms. The van der Waals surface area contributed by atoms with E-state index in [1.165, 1.54) is 11.3 Å². The number of nitrogens with one attached hydrogen (secondary N) is 1. The van der Waals surface area contributed by atoms with Crippen molar-refractivity contribution in [3.63, 3.8) is 0 Å². The highest BCUT2D eigenvalue weighted by Gasteiger charge is 2.15. The van der Waals surface area contributed by atoms with E-state index in [1.54, 1.807) is 12.1 Å². The molecule has 8 heteroatoms. The van der Waals surface area contributed by atoms with Gasteiger partial charge in [0.15, 0.2) is 0 Å². The maximum Gasteiger partial charge on any atom is 0.322 e. The Bertz CT molecular complexity index is 849. The summed E-state index contributed by atoms with van der Waals surface area (Å²) in [6.45, 7) is -0.252. The van der Waals surface area contributed by atoms with Crippen LogP contribution in [-0.2, 0) is 4.79 Å². The van der Waals surface area contributed by atoms with Crippen molar-refractivity contribution in [1.29, 1.82) is 0 Å². The van der Waals surface area contributed by atoms with Gasteiger partial charge in [0.05, 0.1) is 5.39 Å². The van der Waals surface area contributed by atoms with Crippen LogP contribution < -0.4 is 5.32 Å². The van der Waals surface area contributed by atoms with Crippen molar-refractivity contribution in [2.24, 2.45) is 0 Å². The summed E-state index contributed by atoms with van der Waals surface area (Å²) >= 11 is 13.2. The van der Waals surface area contributed by atoms with Crippen molar-refractivity contribution in [3.8, 4) is 11.1 Å². The van der Waals surface area contributed by atoms with Crippen molar-refractivity contribution in [1.82, 2.24) is 9.97 Å². The summed E-state index contributed by atoms with van der Waals surface area (Å²) < 4.78 is 0. The first kappa shape index (κ1) is 15.0. The van der Waals surface area contributed by atoms with Gasteiger partial charge in [-0.05, 0) is 29.3 Å². The van der Waals surface area contributed by atoms with Gasteiger partial charge >= 0.3 is 5.97 Å². The molecule has 0 radical (unpaired) electrons. The fourth-order valence-corrected chi connectivity index (χ4v) is 3.34. The monoisotopic (exact) mass is 353 g/mol. The van der Waals surface area contributed by atoms with Gasteiger partial charge in [-0.15, -0.1) is 11.3 Å². The van der Waals surface area contributed by atoms with Gasteiger partial charge in [0.25, 0.3) is 0 Å². The maximum atomic E-state index is 10.8. The number of carboxylic acids is 1. The summed E-state index contributed by atoms with van der Waals surface area (Å²) in [5, 5.41) is 15.0. The molecule has 3 rings (SSSR count). The van der Waals surface area contributed by atoms with Crippen LogP contribution in [0.5, 0.6) is 0 Å². The van der Waals surface area contributed by atoms with Gasteiger partial charge < -0.3 is 10.4 Å². The van der Waals surface area contributed by atoms with E-state index < -0.39 is 5.97 Å². The summed E-state index contributed by atoms with van der Waals surface area (Å²) in [7, 11) is 0. The Kier molecular flexibility index (Phi) is 4.15. The number of nitrogens with zero attached hydrogens (tertiary/aromatic N) is 2. The average Bonchev–Trinajstić information content (AvgIpc) is 2.89. The van der Waals surface area contributed by atoms with Gasteiger partial charge in [-0.1, -0.05) is 23.7 Å². The molecule has 0 aliphatic heterocycles. The second-order valence-corrected chi connectivity index (χ2v) is 6.06. The van der Waals surface area contributed by atoms with Gasteiger partial charge in [-0.2, -0.15) is 0 Å². The van der Waals surface area contributed by atoms with E-state index in [-0.39, 0.29) is 11.8 Å². The quantitative estimate of drug-likeness (QED) is 0.688. The van der Waals surface area contributed by atoms with Crippen molar-refractivity contribution in [2.45, 2.75) is 0 Å². The maximum absolute atomic E-state index is 10.8. The largest absolute Gasteiger partial charge is 0.480 e. The second-order valence-electron chi connectivity index (χ2n) is 4.42. The molecule has 1 aromatic carbocycles. The van der Waals surface area contributed by atoms with E-state index in [0.717, 1.165) is 16.5 Å². The van der Waals surface area contributed by atoms with Crippen LogP contribution in [0.2, 0.25) is 10.3 Å². The Balaban J connectivity index is 2.15. The standard InChI is InChI=1S/C14H9Cl2N3O2S/c15-8-3-1-7(2-4-8)9-6-22-13-11(9)12(17-5-10(20)21)18-14(16)19-13/h1-4,6H,5H2,(H,20,21)(H,17,18,19). The minimum absolute atomic E-state index is 0.0740. The third-order valence-corrected chi connectivity index (χ3v) is 4.26. The van der Waals surface area contributed by atoms with E-state index in [0.29, 0.717) is 15.7 Å². The normalized spacial score (nSPS) is 10.8. The predicted molar refractivity (Wildman–Crippen MR) is 89.0 cm³/mol. The molecule has 0 bridgehead atoms. The smallest absolute Gasteiger partial charge is 0.322 e. The molecule has 0 amide bonds. The third-order valence-electron chi connectivity index (χ3n) is 2.97. The van der Waals surface area contributed by atoms with Crippen LogP contribution in [0.3, 0.4) is 0 Å². The van der Waals surface area contributed by atoms with Gasteiger partial charge in [0.2, 0.25) is 5.28 Å². The molecule has 0 fully saturated rings. The Morgan fingerprint density at radius 3 is 2.64 bits per heavy atom. The molecule has 0 aliphatic rings. The molecule has 112 valence electrons. The number of carboxylic acid groups (broad SMARTS) is 1. The van der Waals surface area contributed by atoms with Crippen LogP contribution in [0.1, 0.15) is 0 Å². The van der Waals surface area contributed by atoms with E-state index in [9.17, 15) is 4.79 Å². The Morgan fingerprint density at radius 2 is 1.95 bits per heavy atom. The highest BCUT2D eigenvalue weighted by molar-refractivity contribution is 7.17. The molecular formula is C14H9Cl2N3O2S. The molecule has 0 aliphatic carbocycles. The number of aromatic nitrogens is 2. The number of rotatable bonds is 4. The number of thiophene rings is 1. The Labute approximate surface area is 139 Å². The Hall–Kier alpha value is -1.89. The van der Waals surface area contributed by atoms with Crippen LogP contribution in [0.4, 0.5) is 5.82 Å². The lowest BCUT2D eigenvalue weighted by Gasteiger charge is -2.07. The molecule has 0 spiro atoms.